The molecule has 0 bridgehead atoms. The Bertz CT molecular complexity index is 1840. The van der Waals surface area contributed by atoms with Crippen molar-refractivity contribution in [1.82, 2.24) is 0 Å². The first-order chi connectivity index (χ1) is 30.0. The zero-order valence-electron chi connectivity index (χ0n) is 42.4. The SMILES string of the molecule is [CH]C(C)=CCCC(C)=CCCC(C)=CCCC(C)=CCCC(C)=CCCC(C)=CCCC(C)=CCCC(C)=CCCC(C)=CCCC(C)=CCC1=C(C)C(=O)C(OC)=C(OC)C1=O. The Morgan fingerprint density at radius 3 is 0.841 bits per heavy atom. The van der Waals surface area contributed by atoms with Crippen LogP contribution in [0.4, 0.5) is 0 Å². The molecule has 0 aliphatic heterocycles. The predicted octanol–water partition coefficient (Wildman–Crippen LogP) is 17.5. The monoisotopic (exact) mass is 861 g/mol. The standard InChI is InChI=1S/C59H88O4/c1-44(2)24-15-25-45(3)26-16-27-46(4)28-17-29-47(5)30-18-31-48(6)32-19-33-49(7)34-20-35-50(8)36-21-37-51(9)38-22-39-52(10)40-23-41-53(11)42-43-55-54(12)56(60)58(62-13)59(63-14)57(55)61/h1,24,26,28,30,32,34,36,38,40,42H,15-23,25,27,29,31,33,35,37,39,41,43H2,2-14H3. The second-order valence-corrected chi connectivity index (χ2v) is 18.3. The van der Waals surface area contributed by atoms with Gasteiger partial charge in [-0.05, 0) is 205 Å². The molecule has 0 aromatic rings. The fraction of sp³-hybridized carbons (Fsp3) is 0.542. The van der Waals surface area contributed by atoms with Crippen molar-refractivity contribution in [2.45, 2.75) is 198 Å². The van der Waals surface area contributed by atoms with Gasteiger partial charge in [0.2, 0.25) is 23.1 Å². The lowest BCUT2D eigenvalue weighted by Gasteiger charge is -2.19. The lowest BCUT2D eigenvalue weighted by atomic mass is 9.90. The Morgan fingerprint density at radius 2 is 0.603 bits per heavy atom. The third-order valence-corrected chi connectivity index (χ3v) is 12.0. The molecule has 0 atom stereocenters. The maximum atomic E-state index is 12.9. The highest BCUT2D eigenvalue weighted by molar-refractivity contribution is 6.23. The largest absolute Gasteiger partial charge is 0.489 e. The van der Waals surface area contributed by atoms with Gasteiger partial charge in [0.25, 0.3) is 0 Å². The minimum Gasteiger partial charge on any atom is -0.489 e. The Kier molecular flexibility index (Phi) is 30.1. The molecule has 1 aliphatic rings. The fourth-order valence-electron chi connectivity index (χ4n) is 7.53. The summed E-state index contributed by atoms with van der Waals surface area (Å²) in [7, 11) is 2.78. The molecule has 0 unspecified atom stereocenters. The van der Waals surface area contributed by atoms with E-state index in [1.54, 1.807) is 6.92 Å². The van der Waals surface area contributed by atoms with E-state index in [4.69, 9.17) is 16.4 Å². The molecule has 4 heteroatoms. The summed E-state index contributed by atoms with van der Waals surface area (Å²) < 4.78 is 10.3. The molecule has 1 rings (SSSR count). The molecule has 0 heterocycles. The van der Waals surface area contributed by atoms with Crippen LogP contribution in [0.1, 0.15) is 198 Å². The molecule has 4 nitrogen and oxygen atoms in total. The molecule has 0 aromatic heterocycles. The van der Waals surface area contributed by atoms with Gasteiger partial charge in [-0.2, -0.15) is 0 Å². The van der Waals surface area contributed by atoms with Crippen molar-refractivity contribution in [3.8, 4) is 0 Å². The van der Waals surface area contributed by atoms with E-state index in [0.29, 0.717) is 17.6 Å². The van der Waals surface area contributed by atoms with Gasteiger partial charge in [-0.3, -0.25) is 9.59 Å². The van der Waals surface area contributed by atoms with Crippen LogP contribution in [0.2, 0.25) is 0 Å². The minimum atomic E-state index is -0.285. The van der Waals surface area contributed by atoms with Crippen LogP contribution >= 0.6 is 0 Å². The van der Waals surface area contributed by atoms with Crippen LogP contribution in [0, 0.1) is 6.92 Å². The van der Waals surface area contributed by atoms with Gasteiger partial charge in [-0.15, -0.1) is 0 Å². The number of ketones is 2. The van der Waals surface area contributed by atoms with E-state index >= 15 is 0 Å². The molecule has 0 saturated heterocycles. The lowest BCUT2D eigenvalue weighted by Crippen LogP contribution is -2.24. The average Bonchev–Trinajstić information content (AvgIpc) is 3.21. The van der Waals surface area contributed by atoms with Gasteiger partial charge in [-0.1, -0.05) is 116 Å². The van der Waals surface area contributed by atoms with Gasteiger partial charge in [0.15, 0.2) is 0 Å². The maximum Gasteiger partial charge on any atom is 0.228 e. The number of allylic oxidation sites excluding steroid dienone is 22. The molecule has 0 spiro atoms. The van der Waals surface area contributed by atoms with Crippen molar-refractivity contribution < 1.29 is 19.1 Å². The van der Waals surface area contributed by atoms with Gasteiger partial charge < -0.3 is 9.47 Å². The molecule has 1 aliphatic carbocycles. The number of methoxy groups -OCH3 is 2. The van der Waals surface area contributed by atoms with Crippen LogP contribution in [0.5, 0.6) is 0 Å². The smallest absolute Gasteiger partial charge is 0.228 e. The van der Waals surface area contributed by atoms with Gasteiger partial charge in [0, 0.05) is 11.1 Å². The zero-order valence-corrected chi connectivity index (χ0v) is 42.4. The van der Waals surface area contributed by atoms with E-state index in [-0.39, 0.29) is 23.1 Å². The number of hydrogen-bond donors (Lipinski definition) is 0. The van der Waals surface area contributed by atoms with Gasteiger partial charge in [0.1, 0.15) is 0 Å². The average molecular weight is 861 g/mol. The second-order valence-electron chi connectivity index (χ2n) is 18.3. The molecule has 2 radical (unpaired) electrons. The Hall–Kier alpha value is -4.18. The molecular weight excluding hydrogens is 773 g/mol. The van der Waals surface area contributed by atoms with Crippen molar-refractivity contribution in [3.05, 3.63) is 146 Å². The molecule has 0 saturated carbocycles. The lowest BCUT2D eigenvalue weighted by molar-refractivity contribution is -0.121. The van der Waals surface area contributed by atoms with E-state index in [1.807, 2.05) is 6.92 Å². The van der Waals surface area contributed by atoms with Gasteiger partial charge in [-0.25, -0.2) is 0 Å². The number of carbonyl (C=O) groups is 2. The Morgan fingerprint density at radius 1 is 0.381 bits per heavy atom. The highest BCUT2D eigenvalue weighted by Gasteiger charge is 2.34. The Labute approximate surface area is 387 Å². The summed E-state index contributed by atoms with van der Waals surface area (Å²) in [6.07, 6.45) is 43.6. The molecule has 0 aromatic carbocycles. The van der Waals surface area contributed by atoms with Crippen molar-refractivity contribution in [3.63, 3.8) is 0 Å². The van der Waals surface area contributed by atoms with Crippen LogP contribution in [0.15, 0.2) is 139 Å². The van der Waals surface area contributed by atoms with Crippen LogP contribution in [-0.4, -0.2) is 25.8 Å². The summed E-state index contributed by atoms with van der Waals surface area (Å²) in [6, 6.07) is 0. The molecule has 0 amide bonds. The number of ether oxygens (including phenoxy) is 2. The molecule has 0 fully saturated rings. The van der Waals surface area contributed by atoms with Crippen LogP contribution in [-0.2, 0) is 19.1 Å². The van der Waals surface area contributed by atoms with E-state index < -0.39 is 0 Å². The second kappa shape index (κ2) is 33.3. The molecule has 63 heavy (non-hydrogen) atoms. The normalized spacial score (nSPS) is 16.3. The first-order valence-corrected chi connectivity index (χ1v) is 23.9. The van der Waals surface area contributed by atoms with Gasteiger partial charge >= 0.3 is 0 Å². The van der Waals surface area contributed by atoms with Gasteiger partial charge in [0.05, 0.1) is 14.2 Å². The quantitative estimate of drug-likeness (QED) is 0.0515. The van der Waals surface area contributed by atoms with Crippen molar-refractivity contribution in [2.24, 2.45) is 0 Å². The number of carbonyl (C=O) groups excluding carboxylic acids is 2. The van der Waals surface area contributed by atoms with Crippen molar-refractivity contribution >= 4 is 11.6 Å². The topological polar surface area (TPSA) is 52.6 Å². The predicted molar refractivity (Wildman–Crippen MR) is 273 cm³/mol. The third-order valence-electron chi connectivity index (χ3n) is 12.0. The number of rotatable bonds is 31. The third kappa shape index (κ3) is 26.3. The Balaban J connectivity index is 2.31. The summed E-state index contributed by atoms with van der Waals surface area (Å²) in [5, 5.41) is 0. The number of Topliss-reactive ketones (excluding diaryl/α,β-unsaturated/α-hetero) is 2. The van der Waals surface area contributed by atoms with Crippen molar-refractivity contribution in [2.75, 3.05) is 14.2 Å². The van der Waals surface area contributed by atoms with E-state index in [2.05, 4.69) is 123 Å². The van der Waals surface area contributed by atoms with Crippen LogP contribution in [0.25, 0.3) is 0 Å². The van der Waals surface area contributed by atoms with E-state index in [0.717, 1.165) is 121 Å². The van der Waals surface area contributed by atoms with Crippen LogP contribution < -0.4 is 0 Å². The summed E-state index contributed by atoms with van der Waals surface area (Å²) in [4.78, 5) is 25.5. The van der Waals surface area contributed by atoms with E-state index in [9.17, 15) is 9.59 Å². The summed E-state index contributed by atoms with van der Waals surface area (Å²) in [5.74, 6) is -0.576. The summed E-state index contributed by atoms with van der Waals surface area (Å²) in [6.45, 7) is 29.6. The molecule has 0 N–H and O–H groups in total. The maximum absolute atomic E-state index is 12.9. The highest BCUT2D eigenvalue weighted by Crippen LogP contribution is 2.28. The summed E-state index contributed by atoms with van der Waals surface area (Å²) >= 11 is 0. The first-order valence-electron chi connectivity index (χ1n) is 23.9. The van der Waals surface area contributed by atoms with Crippen LogP contribution in [0.3, 0.4) is 0 Å². The summed E-state index contributed by atoms with van der Waals surface area (Å²) in [5.41, 5.74) is 14.9. The minimum absolute atomic E-state index is 0.00775. The van der Waals surface area contributed by atoms with E-state index in [1.165, 1.54) is 64.4 Å². The van der Waals surface area contributed by atoms with Crippen molar-refractivity contribution in [1.29, 1.82) is 0 Å². The fourth-order valence-corrected chi connectivity index (χ4v) is 7.53. The number of hydrogen-bond acceptors (Lipinski definition) is 4. The zero-order chi connectivity index (χ0) is 47.2. The highest BCUT2D eigenvalue weighted by atomic mass is 16.5. The molecule has 348 valence electrons. The first kappa shape index (κ1) is 56.8. The molecular formula is C59H88O4.